The van der Waals surface area contributed by atoms with E-state index >= 15 is 0 Å². The zero-order valence-electron chi connectivity index (χ0n) is 14.7. The van der Waals surface area contributed by atoms with Crippen molar-refractivity contribution >= 4 is 29.0 Å². The van der Waals surface area contributed by atoms with Gasteiger partial charge in [-0.1, -0.05) is 56.3 Å². The van der Waals surface area contributed by atoms with E-state index in [9.17, 15) is 0 Å². The normalized spacial score (nSPS) is 11.7. The lowest BCUT2D eigenvalue weighted by atomic mass is 9.92. The Hall–Kier alpha value is -2.03. The minimum absolute atomic E-state index is 0.0981. The second-order valence-electron chi connectivity index (χ2n) is 6.88. The maximum Gasteiger partial charge on any atom is 0.164 e. The number of hydrogen-bond donors (Lipinski definition) is 0. The zero-order chi connectivity index (χ0) is 18.2. The first-order valence-electron chi connectivity index (χ1n) is 7.98. The second-order valence-corrected chi connectivity index (χ2v) is 8.31. The Morgan fingerprint density at radius 3 is 2.52 bits per heavy atom. The minimum atomic E-state index is -0.0981. The molecule has 0 saturated carbocycles. The highest BCUT2D eigenvalue weighted by Crippen LogP contribution is 2.33. The van der Waals surface area contributed by atoms with Crippen LogP contribution in [-0.2, 0) is 5.41 Å². The lowest BCUT2D eigenvalue weighted by Gasteiger charge is -2.19. The molecule has 0 saturated heterocycles. The topological polar surface area (TPSA) is 54.0 Å². The van der Waals surface area contributed by atoms with E-state index < -0.39 is 0 Å². The summed E-state index contributed by atoms with van der Waals surface area (Å²) in [4.78, 5) is 4.91. The standard InChI is InChI=1S/C19H19ClN4S/c1-12-17(13-5-7-14(20)8-6-13)18-22-15(19(2,3)4)11-16(24(18)23-12)25-10-9-21/h5-8,11H,10H2,1-4H3. The van der Waals surface area contributed by atoms with Crippen LogP contribution in [0, 0.1) is 18.3 Å². The third kappa shape index (κ3) is 3.51. The molecule has 0 atom stereocenters. The summed E-state index contributed by atoms with van der Waals surface area (Å²) in [6.07, 6.45) is 0. The zero-order valence-corrected chi connectivity index (χ0v) is 16.2. The smallest absolute Gasteiger partial charge is 0.164 e. The number of halogens is 1. The first-order chi connectivity index (χ1) is 11.8. The van der Waals surface area contributed by atoms with Gasteiger partial charge >= 0.3 is 0 Å². The first kappa shape index (κ1) is 17.8. The Morgan fingerprint density at radius 1 is 1.24 bits per heavy atom. The first-order valence-corrected chi connectivity index (χ1v) is 9.34. The van der Waals surface area contributed by atoms with Gasteiger partial charge in [-0.25, -0.2) is 9.50 Å². The van der Waals surface area contributed by atoms with Crippen LogP contribution in [0.3, 0.4) is 0 Å². The van der Waals surface area contributed by atoms with E-state index in [4.69, 9.17) is 21.8 Å². The molecule has 3 aromatic rings. The fourth-order valence-corrected chi connectivity index (χ4v) is 3.43. The van der Waals surface area contributed by atoms with Crippen LogP contribution >= 0.6 is 23.4 Å². The van der Waals surface area contributed by atoms with Crippen molar-refractivity contribution in [2.24, 2.45) is 0 Å². The Morgan fingerprint density at radius 2 is 1.92 bits per heavy atom. The van der Waals surface area contributed by atoms with Crippen LogP contribution in [-0.4, -0.2) is 20.4 Å². The molecule has 2 heterocycles. The van der Waals surface area contributed by atoms with Crippen molar-refractivity contribution in [2.45, 2.75) is 38.1 Å². The molecule has 0 spiro atoms. The number of thioether (sulfide) groups is 1. The molecule has 0 aliphatic heterocycles. The molecular weight excluding hydrogens is 352 g/mol. The van der Waals surface area contributed by atoms with Gasteiger partial charge in [-0.3, -0.25) is 0 Å². The van der Waals surface area contributed by atoms with Crippen LogP contribution in [0.5, 0.6) is 0 Å². The highest BCUT2D eigenvalue weighted by molar-refractivity contribution is 7.99. The van der Waals surface area contributed by atoms with E-state index in [1.807, 2.05) is 41.8 Å². The highest BCUT2D eigenvalue weighted by Gasteiger charge is 2.22. The average Bonchev–Trinajstić information content (AvgIpc) is 2.88. The van der Waals surface area contributed by atoms with Crippen LogP contribution in [0.15, 0.2) is 35.4 Å². The number of rotatable bonds is 3. The molecule has 0 N–H and O–H groups in total. The van der Waals surface area contributed by atoms with E-state index in [2.05, 4.69) is 31.9 Å². The van der Waals surface area contributed by atoms with E-state index in [0.717, 1.165) is 33.2 Å². The molecule has 3 rings (SSSR count). The van der Waals surface area contributed by atoms with E-state index in [0.29, 0.717) is 10.8 Å². The minimum Gasteiger partial charge on any atom is -0.232 e. The molecule has 1 aromatic carbocycles. The van der Waals surface area contributed by atoms with Crippen molar-refractivity contribution < 1.29 is 0 Å². The summed E-state index contributed by atoms with van der Waals surface area (Å²) in [5, 5.41) is 15.3. The van der Waals surface area contributed by atoms with Crippen LogP contribution in [0.25, 0.3) is 16.8 Å². The van der Waals surface area contributed by atoms with E-state index in [1.54, 1.807) is 0 Å². The molecule has 128 valence electrons. The van der Waals surface area contributed by atoms with Crippen molar-refractivity contribution in [3.63, 3.8) is 0 Å². The predicted molar refractivity (Wildman–Crippen MR) is 103 cm³/mol. The predicted octanol–water partition coefficient (Wildman–Crippen LogP) is 5.27. The van der Waals surface area contributed by atoms with Crippen molar-refractivity contribution in [3.05, 3.63) is 46.7 Å². The highest BCUT2D eigenvalue weighted by atomic mass is 35.5. The quantitative estimate of drug-likeness (QED) is 0.465. The Balaban J connectivity index is 2.29. The molecule has 25 heavy (non-hydrogen) atoms. The molecular formula is C19H19ClN4S. The lowest BCUT2D eigenvalue weighted by Crippen LogP contribution is -2.15. The molecule has 6 heteroatoms. The number of aryl methyl sites for hydroxylation is 1. The van der Waals surface area contributed by atoms with Crippen molar-refractivity contribution in [3.8, 4) is 17.2 Å². The van der Waals surface area contributed by atoms with Gasteiger partial charge in [-0.2, -0.15) is 10.4 Å². The molecule has 0 fully saturated rings. The molecule has 0 amide bonds. The van der Waals surface area contributed by atoms with Crippen molar-refractivity contribution in [1.29, 1.82) is 5.26 Å². The van der Waals surface area contributed by atoms with E-state index in [-0.39, 0.29) is 5.41 Å². The molecule has 0 unspecified atom stereocenters. The third-order valence-electron chi connectivity index (χ3n) is 3.92. The second kappa shape index (κ2) is 6.70. The van der Waals surface area contributed by atoms with E-state index in [1.165, 1.54) is 11.8 Å². The third-order valence-corrected chi connectivity index (χ3v) is 5.03. The van der Waals surface area contributed by atoms with Gasteiger partial charge in [-0.15, -0.1) is 0 Å². The summed E-state index contributed by atoms with van der Waals surface area (Å²) in [5.74, 6) is 0.373. The number of nitrogens with zero attached hydrogens (tertiary/aromatic N) is 4. The van der Waals surface area contributed by atoms with Crippen molar-refractivity contribution in [2.75, 3.05) is 5.75 Å². The van der Waals surface area contributed by atoms with Crippen LogP contribution in [0.1, 0.15) is 32.2 Å². The number of aromatic nitrogens is 3. The lowest BCUT2D eigenvalue weighted by molar-refractivity contribution is 0.563. The van der Waals surface area contributed by atoms with Gasteiger partial charge in [0, 0.05) is 16.0 Å². The average molecular weight is 371 g/mol. The number of benzene rings is 1. The Labute approximate surface area is 156 Å². The van der Waals surface area contributed by atoms with Crippen molar-refractivity contribution in [1.82, 2.24) is 14.6 Å². The molecule has 4 nitrogen and oxygen atoms in total. The largest absolute Gasteiger partial charge is 0.232 e. The number of nitriles is 1. The van der Waals surface area contributed by atoms with Gasteiger partial charge in [0.2, 0.25) is 0 Å². The molecule has 2 aromatic heterocycles. The molecule has 0 aliphatic carbocycles. The number of fused-ring (bicyclic) bond motifs is 1. The van der Waals surface area contributed by atoms with Gasteiger partial charge < -0.3 is 0 Å². The van der Waals surface area contributed by atoms with Gasteiger partial charge in [0.15, 0.2) is 5.65 Å². The Bertz CT molecular complexity index is 962. The van der Waals surface area contributed by atoms with Crippen LogP contribution < -0.4 is 0 Å². The number of hydrogen-bond acceptors (Lipinski definition) is 4. The fraction of sp³-hybridized carbons (Fsp3) is 0.316. The monoisotopic (exact) mass is 370 g/mol. The summed E-state index contributed by atoms with van der Waals surface area (Å²) in [7, 11) is 0. The maximum absolute atomic E-state index is 8.96. The summed E-state index contributed by atoms with van der Waals surface area (Å²) >= 11 is 7.51. The summed E-state index contributed by atoms with van der Waals surface area (Å²) in [6.45, 7) is 8.38. The van der Waals surface area contributed by atoms with Gasteiger partial charge in [0.1, 0.15) is 5.03 Å². The van der Waals surface area contributed by atoms with Gasteiger partial charge in [0.05, 0.1) is 23.2 Å². The maximum atomic E-state index is 8.96. The molecule has 0 radical (unpaired) electrons. The fourth-order valence-electron chi connectivity index (χ4n) is 2.64. The molecule has 0 aliphatic rings. The summed E-state index contributed by atoms with van der Waals surface area (Å²) < 4.78 is 1.84. The summed E-state index contributed by atoms with van der Waals surface area (Å²) in [6, 6.07) is 11.9. The Kier molecular flexibility index (Phi) is 4.77. The van der Waals surface area contributed by atoms with Gasteiger partial charge in [-0.05, 0) is 30.7 Å². The van der Waals surface area contributed by atoms with Crippen LogP contribution in [0.4, 0.5) is 0 Å². The summed E-state index contributed by atoms with van der Waals surface area (Å²) in [5.41, 5.74) is 4.63. The van der Waals surface area contributed by atoms with Gasteiger partial charge in [0.25, 0.3) is 0 Å². The SMILES string of the molecule is Cc1nn2c(SCC#N)cc(C(C)(C)C)nc2c1-c1ccc(Cl)cc1. The molecule has 0 bridgehead atoms. The van der Waals surface area contributed by atoms with Crippen LogP contribution in [0.2, 0.25) is 5.02 Å².